The first-order valence-corrected chi connectivity index (χ1v) is 12.1. The first-order chi connectivity index (χ1) is 14.6. The molecule has 2 heterocycles. The third kappa shape index (κ3) is 5.37. The average Bonchev–Trinajstić information content (AvgIpc) is 3.10. The molecule has 30 heavy (non-hydrogen) atoms. The molecule has 1 aromatic heterocycles. The van der Waals surface area contributed by atoms with Gasteiger partial charge in [-0.3, -0.25) is 14.9 Å². The van der Waals surface area contributed by atoms with E-state index in [0.717, 1.165) is 78.8 Å². The Morgan fingerprint density at radius 2 is 2.03 bits per heavy atom. The second-order valence-electron chi connectivity index (χ2n) is 7.51. The summed E-state index contributed by atoms with van der Waals surface area (Å²) in [6.45, 7) is 6.92. The largest absolute Gasteiger partial charge is 0.488 e. The van der Waals surface area contributed by atoms with Gasteiger partial charge in [0.2, 0.25) is 0 Å². The van der Waals surface area contributed by atoms with Gasteiger partial charge in [-0.05, 0) is 43.9 Å². The summed E-state index contributed by atoms with van der Waals surface area (Å²) in [4.78, 5) is 13.1. The molecule has 0 aliphatic carbocycles. The Kier molecular flexibility index (Phi) is 8.60. The summed E-state index contributed by atoms with van der Waals surface area (Å²) in [7, 11) is 0. The molecule has 0 saturated carbocycles. The predicted octanol–water partition coefficient (Wildman–Crippen LogP) is 5.38. The van der Waals surface area contributed by atoms with Crippen molar-refractivity contribution in [2.24, 2.45) is 0 Å². The van der Waals surface area contributed by atoms with E-state index >= 15 is 0 Å². The maximum atomic E-state index is 13.1. The molecule has 0 fully saturated rings. The summed E-state index contributed by atoms with van der Waals surface area (Å²) in [5, 5.41) is 6.71. The molecule has 1 aliphatic rings. The minimum Gasteiger partial charge on any atom is -0.488 e. The predicted molar refractivity (Wildman–Crippen MR) is 124 cm³/mol. The first kappa shape index (κ1) is 23.1. The van der Waals surface area contributed by atoms with Crippen molar-refractivity contribution < 1.29 is 9.53 Å². The minimum atomic E-state index is -0.170. The SMILES string of the molecule is CCCN(CCC)NC(=O)c1nn(CCCCCCl)c2c1COc1cc(Br)ccc1-2. The first-order valence-electron chi connectivity index (χ1n) is 10.7. The number of hydrazine groups is 1. The van der Waals surface area contributed by atoms with Crippen LogP contribution in [-0.2, 0) is 13.2 Å². The van der Waals surface area contributed by atoms with Gasteiger partial charge in [-0.1, -0.05) is 36.2 Å². The lowest BCUT2D eigenvalue weighted by molar-refractivity contribution is 0.0779. The van der Waals surface area contributed by atoms with Gasteiger partial charge in [0.25, 0.3) is 5.91 Å². The number of ether oxygens (including phenoxy) is 1. The number of hydrogen-bond donors (Lipinski definition) is 1. The minimum absolute atomic E-state index is 0.170. The molecular formula is C22H30BrClN4O2. The second kappa shape index (κ2) is 11.2. The number of carbonyl (C=O) groups excluding carboxylic acids is 1. The number of nitrogens with zero attached hydrogens (tertiary/aromatic N) is 3. The van der Waals surface area contributed by atoms with Crippen molar-refractivity contribution in [3.8, 4) is 17.0 Å². The molecule has 1 aromatic carbocycles. The number of rotatable bonds is 11. The highest BCUT2D eigenvalue weighted by atomic mass is 79.9. The van der Waals surface area contributed by atoms with Crippen LogP contribution in [0.1, 0.15) is 62.0 Å². The van der Waals surface area contributed by atoms with Crippen molar-refractivity contribution in [2.45, 2.75) is 59.1 Å². The van der Waals surface area contributed by atoms with Gasteiger partial charge in [-0.15, -0.1) is 11.6 Å². The molecule has 1 amide bonds. The monoisotopic (exact) mass is 496 g/mol. The molecule has 0 unspecified atom stereocenters. The molecule has 6 nitrogen and oxygen atoms in total. The number of aryl methyl sites for hydroxylation is 1. The van der Waals surface area contributed by atoms with Gasteiger partial charge in [-0.25, -0.2) is 5.01 Å². The molecule has 1 aliphatic heterocycles. The molecule has 1 N–H and O–H groups in total. The maximum Gasteiger partial charge on any atom is 0.286 e. The fourth-order valence-corrected chi connectivity index (χ4v) is 4.26. The maximum absolute atomic E-state index is 13.1. The highest BCUT2D eigenvalue weighted by molar-refractivity contribution is 9.10. The lowest BCUT2D eigenvalue weighted by Gasteiger charge is -2.22. The topological polar surface area (TPSA) is 59.4 Å². The quantitative estimate of drug-likeness (QED) is 0.257. The highest BCUT2D eigenvalue weighted by Gasteiger charge is 2.30. The van der Waals surface area contributed by atoms with Gasteiger partial charge >= 0.3 is 0 Å². The van der Waals surface area contributed by atoms with Crippen molar-refractivity contribution in [1.82, 2.24) is 20.2 Å². The number of nitrogens with one attached hydrogen (secondary N) is 1. The van der Waals surface area contributed by atoms with Crippen LogP contribution in [0.25, 0.3) is 11.3 Å². The van der Waals surface area contributed by atoms with E-state index in [-0.39, 0.29) is 5.91 Å². The van der Waals surface area contributed by atoms with E-state index in [4.69, 9.17) is 21.4 Å². The molecule has 0 bridgehead atoms. The third-order valence-electron chi connectivity index (χ3n) is 5.09. The van der Waals surface area contributed by atoms with Crippen LogP contribution in [0.3, 0.4) is 0 Å². The van der Waals surface area contributed by atoms with Crippen LogP contribution < -0.4 is 10.2 Å². The Morgan fingerprint density at radius 1 is 1.27 bits per heavy atom. The van der Waals surface area contributed by atoms with Crippen LogP contribution in [0.5, 0.6) is 5.75 Å². The summed E-state index contributed by atoms with van der Waals surface area (Å²) >= 11 is 9.33. The summed E-state index contributed by atoms with van der Waals surface area (Å²) < 4.78 is 8.92. The van der Waals surface area contributed by atoms with Crippen LogP contribution in [0.15, 0.2) is 22.7 Å². The number of aromatic nitrogens is 2. The van der Waals surface area contributed by atoms with Crippen molar-refractivity contribution in [2.75, 3.05) is 19.0 Å². The van der Waals surface area contributed by atoms with Gasteiger partial charge in [0.15, 0.2) is 5.69 Å². The van der Waals surface area contributed by atoms with Gasteiger partial charge in [0, 0.05) is 41.1 Å². The lowest BCUT2D eigenvalue weighted by atomic mass is 10.0. The molecule has 0 radical (unpaired) electrons. The van der Waals surface area contributed by atoms with E-state index in [2.05, 4.69) is 35.2 Å². The molecule has 0 spiro atoms. The normalized spacial score (nSPS) is 12.4. The highest BCUT2D eigenvalue weighted by Crippen LogP contribution is 2.40. The Labute approximate surface area is 192 Å². The summed E-state index contributed by atoms with van der Waals surface area (Å²) in [5.41, 5.74) is 6.31. The Bertz CT molecular complexity index is 865. The zero-order valence-electron chi connectivity index (χ0n) is 17.7. The number of hydrogen-bond acceptors (Lipinski definition) is 4. The van der Waals surface area contributed by atoms with E-state index in [1.54, 1.807) is 0 Å². The van der Waals surface area contributed by atoms with Crippen LogP contribution in [0, 0.1) is 0 Å². The second-order valence-corrected chi connectivity index (χ2v) is 8.80. The lowest BCUT2D eigenvalue weighted by Crippen LogP contribution is -2.43. The zero-order chi connectivity index (χ0) is 21.5. The summed E-state index contributed by atoms with van der Waals surface area (Å²) in [5.74, 6) is 1.31. The zero-order valence-corrected chi connectivity index (χ0v) is 20.1. The number of amides is 1. The number of alkyl halides is 1. The van der Waals surface area contributed by atoms with E-state index in [1.807, 2.05) is 27.9 Å². The van der Waals surface area contributed by atoms with E-state index in [9.17, 15) is 4.79 Å². The molecule has 3 rings (SSSR count). The smallest absolute Gasteiger partial charge is 0.286 e. The van der Waals surface area contributed by atoms with Gasteiger partial charge in [-0.2, -0.15) is 5.10 Å². The molecule has 0 saturated heterocycles. The Morgan fingerprint density at radius 3 is 2.73 bits per heavy atom. The number of halogens is 2. The van der Waals surface area contributed by atoms with Gasteiger partial charge < -0.3 is 4.74 Å². The van der Waals surface area contributed by atoms with Crippen LogP contribution >= 0.6 is 27.5 Å². The molecular weight excluding hydrogens is 468 g/mol. The number of unbranched alkanes of at least 4 members (excludes halogenated alkanes) is 2. The molecule has 8 heteroatoms. The third-order valence-corrected chi connectivity index (χ3v) is 5.85. The number of fused-ring (bicyclic) bond motifs is 3. The fraction of sp³-hybridized carbons (Fsp3) is 0.545. The Hall–Kier alpha value is -1.57. The van der Waals surface area contributed by atoms with Gasteiger partial charge in [0.1, 0.15) is 12.4 Å². The summed E-state index contributed by atoms with van der Waals surface area (Å²) in [6, 6.07) is 5.98. The van der Waals surface area contributed by atoms with Crippen molar-refractivity contribution in [3.63, 3.8) is 0 Å². The average molecular weight is 498 g/mol. The molecule has 0 atom stereocenters. The van der Waals surface area contributed by atoms with Crippen LogP contribution in [0.4, 0.5) is 0 Å². The van der Waals surface area contributed by atoms with Gasteiger partial charge in [0.05, 0.1) is 5.69 Å². The van der Waals surface area contributed by atoms with E-state index in [0.29, 0.717) is 18.2 Å². The van der Waals surface area contributed by atoms with E-state index < -0.39 is 0 Å². The summed E-state index contributed by atoms with van der Waals surface area (Å²) in [6.07, 6.45) is 4.92. The van der Waals surface area contributed by atoms with Crippen LogP contribution in [0.2, 0.25) is 0 Å². The van der Waals surface area contributed by atoms with Crippen molar-refractivity contribution in [3.05, 3.63) is 33.9 Å². The van der Waals surface area contributed by atoms with Crippen LogP contribution in [-0.4, -0.2) is 39.7 Å². The Balaban J connectivity index is 1.93. The number of benzene rings is 1. The molecule has 164 valence electrons. The van der Waals surface area contributed by atoms with E-state index in [1.165, 1.54) is 0 Å². The van der Waals surface area contributed by atoms with Crippen molar-refractivity contribution in [1.29, 1.82) is 0 Å². The molecule has 2 aromatic rings. The number of carbonyl (C=O) groups is 1. The van der Waals surface area contributed by atoms with Crippen molar-refractivity contribution >= 4 is 33.4 Å². The fourth-order valence-electron chi connectivity index (χ4n) is 3.74. The standard InChI is InChI=1S/C22H30BrClN4O2/c1-3-11-27(12-4-2)26-22(29)20-18-15-30-19-14-16(23)8-9-17(19)21(18)28(25-20)13-7-5-6-10-24/h8-9,14H,3-7,10-13,15H2,1-2H3,(H,26,29).